The van der Waals surface area contributed by atoms with Crippen molar-refractivity contribution in [3.05, 3.63) is 51.7 Å². The SMILES string of the molecule is CCc1csc(C(Cc2ccc(F)cc2)C(=O)O)n1. The van der Waals surface area contributed by atoms with Gasteiger partial charge in [-0.2, -0.15) is 0 Å². The first-order chi connectivity index (χ1) is 9.10. The minimum Gasteiger partial charge on any atom is -0.481 e. The monoisotopic (exact) mass is 279 g/mol. The highest BCUT2D eigenvalue weighted by Crippen LogP contribution is 2.25. The first-order valence-electron chi connectivity index (χ1n) is 6.01. The van der Waals surface area contributed by atoms with Gasteiger partial charge in [-0.05, 0) is 30.5 Å². The normalized spacial score (nSPS) is 12.3. The van der Waals surface area contributed by atoms with E-state index in [1.807, 2.05) is 12.3 Å². The molecule has 1 unspecified atom stereocenters. The quantitative estimate of drug-likeness (QED) is 0.914. The predicted molar refractivity (Wildman–Crippen MR) is 72.0 cm³/mol. The van der Waals surface area contributed by atoms with Crippen LogP contribution in [0.4, 0.5) is 4.39 Å². The number of aryl methyl sites for hydroxylation is 1. The molecule has 1 heterocycles. The van der Waals surface area contributed by atoms with Crippen LogP contribution in [0.15, 0.2) is 29.6 Å². The third kappa shape index (κ3) is 3.38. The van der Waals surface area contributed by atoms with Crippen LogP contribution in [0.25, 0.3) is 0 Å². The Kier molecular flexibility index (Phi) is 4.27. The standard InChI is InChI=1S/C14H14FNO2S/c1-2-11-8-19-13(16-11)12(14(17)18)7-9-3-5-10(15)6-4-9/h3-6,8,12H,2,7H2,1H3,(H,17,18). The van der Waals surface area contributed by atoms with Gasteiger partial charge in [0.2, 0.25) is 0 Å². The second kappa shape index (κ2) is 5.93. The smallest absolute Gasteiger partial charge is 0.313 e. The zero-order valence-electron chi connectivity index (χ0n) is 10.5. The summed E-state index contributed by atoms with van der Waals surface area (Å²) in [4.78, 5) is 15.7. The third-order valence-corrected chi connectivity index (χ3v) is 3.89. The molecule has 0 fully saturated rings. The zero-order chi connectivity index (χ0) is 13.8. The van der Waals surface area contributed by atoms with Crippen LogP contribution in [0.5, 0.6) is 0 Å². The van der Waals surface area contributed by atoms with Gasteiger partial charge < -0.3 is 5.11 Å². The maximum atomic E-state index is 12.8. The molecule has 1 aromatic heterocycles. The van der Waals surface area contributed by atoms with Crippen LogP contribution in [-0.2, 0) is 17.6 Å². The average molecular weight is 279 g/mol. The Hall–Kier alpha value is -1.75. The first-order valence-corrected chi connectivity index (χ1v) is 6.89. The molecule has 1 aromatic carbocycles. The van der Waals surface area contributed by atoms with Crippen molar-refractivity contribution in [1.29, 1.82) is 0 Å². The van der Waals surface area contributed by atoms with E-state index in [9.17, 15) is 14.3 Å². The number of halogens is 1. The largest absolute Gasteiger partial charge is 0.481 e. The highest BCUT2D eigenvalue weighted by atomic mass is 32.1. The van der Waals surface area contributed by atoms with Crippen LogP contribution in [0, 0.1) is 5.82 Å². The molecule has 1 N–H and O–H groups in total. The van der Waals surface area contributed by atoms with Crippen LogP contribution in [0.1, 0.15) is 29.1 Å². The number of hydrogen-bond acceptors (Lipinski definition) is 3. The van der Waals surface area contributed by atoms with Crippen molar-refractivity contribution in [2.45, 2.75) is 25.7 Å². The van der Waals surface area contributed by atoms with Crippen molar-refractivity contribution in [2.24, 2.45) is 0 Å². The Bertz CT molecular complexity index is 565. The van der Waals surface area contributed by atoms with Crippen molar-refractivity contribution in [1.82, 2.24) is 4.98 Å². The second-order valence-electron chi connectivity index (χ2n) is 4.25. The Balaban J connectivity index is 2.21. The molecule has 0 aliphatic rings. The van der Waals surface area contributed by atoms with Crippen molar-refractivity contribution < 1.29 is 14.3 Å². The van der Waals surface area contributed by atoms with E-state index in [2.05, 4.69) is 4.98 Å². The lowest BCUT2D eigenvalue weighted by atomic mass is 10.00. The topological polar surface area (TPSA) is 50.2 Å². The summed E-state index contributed by atoms with van der Waals surface area (Å²) >= 11 is 1.37. The van der Waals surface area contributed by atoms with Gasteiger partial charge in [0, 0.05) is 5.38 Å². The van der Waals surface area contributed by atoms with E-state index in [0.29, 0.717) is 11.4 Å². The Morgan fingerprint density at radius 2 is 2.11 bits per heavy atom. The summed E-state index contributed by atoms with van der Waals surface area (Å²) < 4.78 is 12.8. The molecule has 0 radical (unpaired) electrons. The molecule has 0 aliphatic carbocycles. The van der Waals surface area contributed by atoms with Crippen molar-refractivity contribution in [2.75, 3.05) is 0 Å². The van der Waals surface area contributed by atoms with E-state index >= 15 is 0 Å². The summed E-state index contributed by atoms with van der Waals surface area (Å²) in [5.41, 5.74) is 1.70. The van der Waals surface area contributed by atoms with Crippen LogP contribution in [0.2, 0.25) is 0 Å². The van der Waals surface area contributed by atoms with E-state index in [0.717, 1.165) is 17.7 Å². The molecule has 0 saturated heterocycles. The van der Waals surface area contributed by atoms with Gasteiger partial charge in [0.1, 0.15) is 16.7 Å². The van der Waals surface area contributed by atoms with E-state index in [1.54, 1.807) is 12.1 Å². The molecule has 0 spiro atoms. The van der Waals surface area contributed by atoms with Crippen LogP contribution >= 0.6 is 11.3 Å². The number of aromatic nitrogens is 1. The summed E-state index contributed by atoms with van der Waals surface area (Å²) in [5, 5.41) is 11.8. The average Bonchev–Trinajstić information content (AvgIpc) is 2.86. The fourth-order valence-corrected chi connectivity index (χ4v) is 2.78. The minimum atomic E-state index is -0.902. The predicted octanol–water partition coefficient (Wildman–Crippen LogP) is 3.26. The zero-order valence-corrected chi connectivity index (χ0v) is 11.3. The van der Waals surface area contributed by atoms with E-state index in [-0.39, 0.29) is 5.82 Å². The lowest BCUT2D eigenvalue weighted by molar-refractivity contribution is -0.138. The lowest BCUT2D eigenvalue weighted by Gasteiger charge is -2.09. The molecule has 2 aromatic rings. The number of thiazole rings is 1. The number of carbonyl (C=O) groups is 1. The van der Waals surface area contributed by atoms with Gasteiger partial charge in [-0.25, -0.2) is 9.37 Å². The molecule has 5 heteroatoms. The van der Waals surface area contributed by atoms with Crippen LogP contribution in [-0.4, -0.2) is 16.1 Å². The van der Waals surface area contributed by atoms with Gasteiger partial charge >= 0.3 is 5.97 Å². The summed E-state index contributed by atoms with van der Waals surface area (Å²) in [7, 11) is 0. The summed E-state index contributed by atoms with van der Waals surface area (Å²) in [5.74, 6) is -1.89. The van der Waals surface area contributed by atoms with Gasteiger partial charge in [0.05, 0.1) is 5.69 Å². The van der Waals surface area contributed by atoms with Crippen molar-refractivity contribution in [3.8, 4) is 0 Å². The number of aliphatic carboxylic acids is 1. The van der Waals surface area contributed by atoms with Gasteiger partial charge in [0.15, 0.2) is 0 Å². The molecule has 1 atom stereocenters. The van der Waals surface area contributed by atoms with Gasteiger partial charge in [0.25, 0.3) is 0 Å². The Morgan fingerprint density at radius 1 is 1.42 bits per heavy atom. The van der Waals surface area contributed by atoms with E-state index < -0.39 is 11.9 Å². The molecule has 0 bridgehead atoms. The van der Waals surface area contributed by atoms with Crippen LogP contribution < -0.4 is 0 Å². The third-order valence-electron chi connectivity index (χ3n) is 2.88. The summed E-state index contributed by atoms with van der Waals surface area (Å²) in [6.07, 6.45) is 1.12. The van der Waals surface area contributed by atoms with E-state index in [1.165, 1.54) is 23.5 Å². The lowest BCUT2D eigenvalue weighted by Crippen LogP contribution is -2.14. The number of carboxylic acids is 1. The number of benzene rings is 1. The van der Waals surface area contributed by atoms with Crippen molar-refractivity contribution >= 4 is 17.3 Å². The highest BCUT2D eigenvalue weighted by Gasteiger charge is 2.23. The number of rotatable bonds is 5. The summed E-state index contributed by atoms with van der Waals surface area (Å²) in [6, 6.07) is 5.90. The van der Waals surface area contributed by atoms with Gasteiger partial charge in [-0.1, -0.05) is 19.1 Å². The number of hydrogen-bond donors (Lipinski definition) is 1. The van der Waals surface area contributed by atoms with E-state index in [4.69, 9.17) is 0 Å². The second-order valence-corrected chi connectivity index (χ2v) is 5.14. The molecule has 19 heavy (non-hydrogen) atoms. The Labute approximate surface area is 114 Å². The van der Waals surface area contributed by atoms with Gasteiger partial charge in [-0.15, -0.1) is 11.3 Å². The molecule has 2 rings (SSSR count). The minimum absolute atomic E-state index is 0.321. The molecule has 0 amide bonds. The molecular weight excluding hydrogens is 265 g/mol. The fraction of sp³-hybridized carbons (Fsp3) is 0.286. The van der Waals surface area contributed by atoms with Gasteiger partial charge in [-0.3, -0.25) is 4.79 Å². The summed E-state index contributed by atoms with van der Waals surface area (Å²) in [6.45, 7) is 1.98. The maximum Gasteiger partial charge on any atom is 0.313 e. The number of carboxylic acid groups (broad SMARTS) is 1. The number of nitrogens with zero attached hydrogens (tertiary/aromatic N) is 1. The molecule has 100 valence electrons. The molecule has 0 saturated carbocycles. The first kappa shape index (κ1) is 13.7. The van der Waals surface area contributed by atoms with Crippen molar-refractivity contribution in [3.63, 3.8) is 0 Å². The molecular formula is C14H14FNO2S. The highest BCUT2D eigenvalue weighted by molar-refractivity contribution is 7.09. The molecule has 0 aliphatic heterocycles. The fourth-order valence-electron chi connectivity index (χ4n) is 1.78. The maximum absolute atomic E-state index is 12.8. The van der Waals surface area contributed by atoms with Crippen LogP contribution in [0.3, 0.4) is 0 Å². The molecule has 3 nitrogen and oxygen atoms in total. The Morgan fingerprint density at radius 3 is 2.63 bits per heavy atom.